The van der Waals surface area contributed by atoms with Gasteiger partial charge in [0, 0.05) is 99.0 Å². The van der Waals surface area contributed by atoms with Gasteiger partial charge in [-0.05, 0) is 123 Å². The summed E-state index contributed by atoms with van der Waals surface area (Å²) in [4.78, 5) is 58.4. The number of thiocarbonyl (C=S) groups is 2. The molecule has 10 rings (SSSR count). The van der Waals surface area contributed by atoms with Crippen molar-refractivity contribution in [2.45, 2.75) is 50.1 Å². The van der Waals surface area contributed by atoms with E-state index in [1.807, 2.05) is 4.90 Å². The van der Waals surface area contributed by atoms with Gasteiger partial charge in [-0.15, -0.1) is 4.89 Å². The smallest absolute Gasteiger partial charge is 0.366 e. The molecule has 4 heterocycles. The molecule has 0 bridgehead atoms. The van der Waals surface area contributed by atoms with Crippen molar-refractivity contribution in [3.8, 4) is 0 Å². The summed E-state index contributed by atoms with van der Waals surface area (Å²) in [6.07, 6.45) is -4.67. The Morgan fingerprint density at radius 3 is 1.32 bits per heavy atom. The van der Waals surface area contributed by atoms with Crippen LogP contribution in [0.2, 0.25) is 0 Å². The lowest BCUT2D eigenvalue weighted by molar-refractivity contribution is -0.264. The molecule has 4 fully saturated rings. The van der Waals surface area contributed by atoms with Crippen LogP contribution in [0.4, 0.5) is 57.9 Å². The molecule has 4 aliphatic rings. The highest BCUT2D eigenvalue weighted by Crippen LogP contribution is 2.40. The quantitative estimate of drug-likeness (QED) is 0.0520. The molecule has 387 valence electrons. The van der Waals surface area contributed by atoms with Crippen molar-refractivity contribution in [3.05, 3.63) is 146 Å². The zero-order chi connectivity index (χ0) is 52.4. The molecule has 2 saturated carbocycles. The topological polar surface area (TPSA) is 137 Å². The molecule has 1 radical (unpaired) electrons. The number of hydrogen-bond donors (Lipinski definition) is 3. The third-order valence-corrected chi connectivity index (χ3v) is 14.2. The van der Waals surface area contributed by atoms with Crippen LogP contribution >= 0.6 is 24.4 Å². The van der Waals surface area contributed by atoms with Gasteiger partial charge in [-0.25, -0.2) is 13.6 Å². The lowest BCUT2D eigenvalue weighted by atomic mass is 10.1. The summed E-state index contributed by atoms with van der Waals surface area (Å²) in [7, 11) is 0. The maximum Gasteiger partial charge on any atom is 0.416 e. The number of carbonyl (C=O) groups is 1. The molecule has 74 heavy (non-hydrogen) atoms. The molecular formula is C50H43F8N8O6S2. The second-order valence-corrected chi connectivity index (χ2v) is 19.2. The highest BCUT2D eigenvalue weighted by Gasteiger charge is 2.34. The van der Waals surface area contributed by atoms with Crippen molar-refractivity contribution in [2.75, 3.05) is 72.8 Å². The first-order valence-corrected chi connectivity index (χ1v) is 24.2. The zero-order valence-electron chi connectivity index (χ0n) is 38.7. The maximum absolute atomic E-state index is 16.0. The number of fused-ring (bicyclic) bond motifs is 2. The van der Waals surface area contributed by atoms with Gasteiger partial charge < -0.3 is 44.5 Å². The largest absolute Gasteiger partial charge is 0.416 e. The molecule has 14 nitrogen and oxygen atoms in total. The van der Waals surface area contributed by atoms with E-state index in [0.717, 1.165) is 36.4 Å². The third kappa shape index (κ3) is 10.4. The van der Waals surface area contributed by atoms with E-state index in [9.17, 15) is 45.8 Å². The predicted octanol–water partition coefficient (Wildman–Crippen LogP) is 9.34. The molecule has 0 atom stereocenters. The molecule has 0 unspecified atom stereocenters. The Kier molecular flexibility index (Phi) is 13.5. The van der Waals surface area contributed by atoms with E-state index in [1.165, 1.54) is 42.7 Å². The van der Waals surface area contributed by atoms with Crippen LogP contribution in [-0.4, -0.2) is 92.6 Å². The van der Waals surface area contributed by atoms with Gasteiger partial charge in [-0.1, -0.05) is 0 Å². The maximum atomic E-state index is 16.0. The van der Waals surface area contributed by atoms with Crippen molar-refractivity contribution in [3.63, 3.8) is 0 Å². The van der Waals surface area contributed by atoms with Gasteiger partial charge in [-0.3, -0.25) is 14.5 Å². The standard InChI is InChI=1S/C50H43F8N8O6S2/c51-37-21-33-39(23-41(37)61-13-17-63(18-14-61)47(73)59-29-5-1-27(2-6-29)49(53,54)55)65(31-9-10-31)25-35(43(33)67)45(69)71-72-46(70)36-26-66(32-11-12-32)40-24-42(38(52)22-34(40)44(36)68)62-15-19-64(20-16-62)48(74)60-30-7-3-28(4-8-30)50(56,57)58/h1-8,21-26,31-32,69H,9-20H2,(H,59,73)(H,60,74). The van der Waals surface area contributed by atoms with Gasteiger partial charge in [0.1, 0.15) is 17.2 Å². The van der Waals surface area contributed by atoms with E-state index in [4.69, 9.17) is 34.2 Å². The Balaban J connectivity index is 0.803. The molecule has 24 heteroatoms. The number of pyridine rings is 2. The lowest BCUT2D eigenvalue weighted by Crippen LogP contribution is -2.50. The summed E-state index contributed by atoms with van der Waals surface area (Å²) in [5.41, 5.74) is -2.41. The van der Waals surface area contributed by atoms with Crippen LogP contribution < -0.4 is 31.3 Å². The normalized spacial score (nSPS) is 16.6. The second kappa shape index (κ2) is 19.8. The molecule has 0 amide bonds. The van der Waals surface area contributed by atoms with Gasteiger partial charge in [0.05, 0.1) is 39.1 Å². The highest BCUT2D eigenvalue weighted by atomic mass is 32.1. The number of carbonyl (C=O) groups excluding carboxylic acids is 1. The van der Waals surface area contributed by atoms with E-state index >= 15 is 8.78 Å². The Hall–Kier alpha value is -6.89. The summed E-state index contributed by atoms with van der Waals surface area (Å²) in [5, 5.41) is 17.3. The zero-order valence-corrected chi connectivity index (χ0v) is 40.4. The van der Waals surface area contributed by atoms with E-state index in [-0.39, 0.29) is 44.5 Å². The third-order valence-electron chi connectivity index (χ3n) is 13.5. The number of benzene rings is 4. The molecule has 2 aliphatic carbocycles. The molecule has 2 saturated heterocycles. The number of aliphatic hydroxyl groups excluding tert-OH is 1. The van der Waals surface area contributed by atoms with Crippen LogP contribution in [0, 0.1) is 17.9 Å². The minimum Gasteiger partial charge on any atom is -0.366 e. The Labute approximate surface area is 426 Å². The lowest BCUT2D eigenvalue weighted by Gasteiger charge is -2.37. The number of nitrogens with zero attached hydrogens (tertiary/aromatic N) is 6. The van der Waals surface area contributed by atoms with Crippen molar-refractivity contribution in [1.82, 2.24) is 18.9 Å². The van der Waals surface area contributed by atoms with Gasteiger partial charge in [0.25, 0.3) is 0 Å². The van der Waals surface area contributed by atoms with Crippen LogP contribution in [0.15, 0.2) is 94.8 Å². The number of halogens is 8. The van der Waals surface area contributed by atoms with Gasteiger partial charge in [-0.2, -0.15) is 26.3 Å². The number of aromatic nitrogens is 2. The Morgan fingerprint density at radius 1 is 0.568 bits per heavy atom. The fraction of sp³-hybridized carbons (Fsp3) is 0.320. The Bertz CT molecular complexity index is 3310. The first-order chi connectivity index (χ1) is 35.2. The fourth-order valence-corrected chi connectivity index (χ4v) is 9.77. The molecule has 4 aromatic carbocycles. The SMILES string of the molecule is O=C(OO[C](O)c1cn(C2CC2)c2cc(N3CCN(C(=S)Nc4ccc(C(F)(F)F)cc4)CC3)c(F)cc2c1=O)c1cn(C2CC2)c2cc(N3CCN(C(=S)Nc4ccc(C(F)(F)F)cc4)CC3)c(F)cc2c1=O. The first kappa shape index (κ1) is 50.6. The van der Waals surface area contributed by atoms with Crippen molar-refractivity contribution in [2.24, 2.45) is 0 Å². The van der Waals surface area contributed by atoms with E-state index in [1.54, 1.807) is 29.9 Å². The molecule has 0 spiro atoms. The monoisotopic (exact) mass is 1070 g/mol. The van der Waals surface area contributed by atoms with Crippen LogP contribution in [0.5, 0.6) is 0 Å². The minimum atomic E-state index is -4.48. The van der Waals surface area contributed by atoms with Crippen molar-refractivity contribution in [1.29, 1.82) is 0 Å². The Morgan fingerprint density at radius 2 is 0.946 bits per heavy atom. The van der Waals surface area contributed by atoms with E-state index in [2.05, 4.69) is 10.6 Å². The average Bonchev–Trinajstić information content (AvgIpc) is 4.32. The van der Waals surface area contributed by atoms with E-state index < -0.39 is 69.4 Å². The molecular weight excluding hydrogens is 1020 g/mol. The number of anilines is 4. The number of alkyl halides is 6. The summed E-state index contributed by atoms with van der Waals surface area (Å²) in [6, 6.07) is 13.8. The summed E-state index contributed by atoms with van der Waals surface area (Å²) in [6.45, 7) is 2.61. The average molecular weight is 1070 g/mol. The van der Waals surface area contributed by atoms with Crippen molar-refractivity contribution >= 4 is 85.2 Å². The molecule has 6 aromatic rings. The number of hydrogen-bond acceptors (Lipinski definition) is 10. The minimum absolute atomic E-state index is 0.0973. The van der Waals surface area contributed by atoms with Gasteiger partial charge in [0.2, 0.25) is 5.43 Å². The van der Waals surface area contributed by atoms with Crippen LogP contribution in [0.1, 0.15) is 64.8 Å². The van der Waals surface area contributed by atoms with Crippen LogP contribution in [0.3, 0.4) is 0 Å². The number of piperazine rings is 2. The predicted molar refractivity (Wildman–Crippen MR) is 267 cm³/mol. The highest BCUT2D eigenvalue weighted by molar-refractivity contribution is 7.80. The van der Waals surface area contributed by atoms with E-state index in [0.29, 0.717) is 100 Å². The number of aliphatic hydroxyl groups is 1. The van der Waals surface area contributed by atoms with Gasteiger partial charge >= 0.3 is 24.6 Å². The molecule has 2 aliphatic heterocycles. The molecule has 2 aromatic heterocycles. The second-order valence-electron chi connectivity index (χ2n) is 18.4. The number of nitrogens with one attached hydrogen (secondary N) is 2. The van der Waals surface area contributed by atoms with Crippen molar-refractivity contribution < 1.29 is 54.8 Å². The first-order valence-electron chi connectivity index (χ1n) is 23.4. The summed E-state index contributed by atoms with van der Waals surface area (Å²) < 4.78 is 113. The fourth-order valence-electron chi connectivity index (χ4n) is 9.17. The summed E-state index contributed by atoms with van der Waals surface area (Å²) >= 11 is 11.0. The van der Waals surface area contributed by atoms with Gasteiger partial charge in [0.15, 0.2) is 15.7 Å². The van der Waals surface area contributed by atoms with Crippen LogP contribution in [0.25, 0.3) is 21.8 Å². The molecule has 3 N–H and O–H groups in total. The van der Waals surface area contributed by atoms with Crippen LogP contribution in [-0.2, 0) is 22.1 Å². The number of rotatable bonds is 10. The summed E-state index contributed by atoms with van der Waals surface area (Å²) in [5.74, 6) is -2.81.